The molecule has 0 aliphatic rings. The number of hydrogen-bond acceptors (Lipinski definition) is 5. The Balaban J connectivity index is 1.93. The van der Waals surface area contributed by atoms with E-state index < -0.39 is 0 Å². The van der Waals surface area contributed by atoms with Gasteiger partial charge in [0.25, 0.3) is 0 Å². The summed E-state index contributed by atoms with van der Waals surface area (Å²) < 4.78 is 0. The molecule has 0 radical (unpaired) electrons. The van der Waals surface area contributed by atoms with Gasteiger partial charge in [0.15, 0.2) is 5.69 Å². The molecule has 0 spiro atoms. The van der Waals surface area contributed by atoms with Gasteiger partial charge in [0.1, 0.15) is 6.07 Å². The summed E-state index contributed by atoms with van der Waals surface area (Å²) in [5.41, 5.74) is 4.10. The average molecular weight is 230 g/mol. The summed E-state index contributed by atoms with van der Waals surface area (Å²) in [5.74, 6) is 0. The monoisotopic (exact) mass is 230 g/mol. The summed E-state index contributed by atoms with van der Waals surface area (Å²) >= 11 is 1.59. The van der Waals surface area contributed by atoms with Gasteiger partial charge in [-0.1, -0.05) is 0 Å². The summed E-state index contributed by atoms with van der Waals surface area (Å²) in [5, 5.41) is 14.0. The van der Waals surface area contributed by atoms with Crippen LogP contribution in [0.5, 0.6) is 0 Å². The van der Waals surface area contributed by atoms with E-state index in [0.717, 1.165) is 24.3 Å². The maximum Gasteiger partial charge on any atom is 0.163 e. The minimum absolute atomic E-state index is 0.431. The van der Waals surface area contributed by atoms with Gasteiger partial charge in [0.05, 0.1) is 16.9 Å². The summed E-state index contributed by atoms with van der Waals surface area (Å²) in [4.78, 5) is 8.16. The molecular formula is C11H10N4S. The van der Waals surface area contributed by atoms with Gasteiger partial charge in [0.2, 0.25) is 0 Å². The molecule has 2 rings (SSSR count). The highest BCUT2D eigenvalue weighted by atomic mass is 32.1. The first kappa shape index (κ1) is 10.6. The lowest BCUT2D eigenvalue weighted by molar-refractivity contribution is 0.974. The van der Waals surface area contributed by atoms with Crippen LogP contribution in [-0.4, -0.2) is 16.5 Å². The molecule has 16 heavy (non-hydrogen) atoms. The van der Waals surface area contributed by atoms with E-state index in [0.29, 0.717) is 5.69 Å². The van der Waals surface area contributed by atoms with Crippen LogP contribution < -0.4 is 5.32 Å². The highest BCUT2D eigenvalue weighted by Crippen LogP contribution is 2.10. The van der Waals surface area contributed by atoms with Gasteiger partial charge in [-0.3, -0.25) is 0 Å². The average Bonchev–Trinajstić information content (AvgIpc) is 2.83. The summed E-state index contributed by atoms with van der Waals surface area (Å²) in [6.45, 7) is 0.754. The Morgan fingerprint density at radius 2 is 2.38 bits per heavy atom. The van der Waals surface area contributed by atoms with E-state index in [1.165, 1.54) is 0 Å². The summed E-state index contributed by atoms with van der Waals surface area (Å²) in [6, 6.07) is 5.72. The van der Waals surface area contributed by atoms with Crippen molar-refractivity contribution in [1.82, 2.24) is 9.97 Å². The molecule has 0 saturated carbocycles. The number of rotatable bonds is 4. The summed E-state index contributed by atoms with van der Waals surface area (Å²) in [6.07, 6.45) is 2.47. The van der Waals surface area contributed by atoms with Gasteiger partial charge >= 0.3 is 0 Å². The van der Waals surface area contributed by atoms with Gasteiger partial charge in [0, 0.05) is 24.5 Å². The van der Waals surface area contributed by atoms with E-state index in [1.807, 2.05) is 23.0 Å². The molecule has 2 heterocycles. The van der Waals surface area contributed by atoms with Crippen LogP contribution in [0.15, 0.2) is 29.2 Å². The van der Waals surface area contributed by atoms with Crippen molar-refractivity contribution in [2.24, 2.45) is 0 Å². The Morgan fingerprint density at radius 3 is 3.12 bits per heavy atom. The second-order valence-corrected chi connectivity index (χ2v) is 3.89. The third-order valence-corrected chi connectivity index (χ3v) is 2.73. The molecule has 0 amide bonds. The molecule has 0 aliphatic carbocycles. The predicted molar refractivity (Wildman–Crippen MR) is 63.3 cm³/mol. The van der Waals surface area contributed by atoms with E-state index in [4.69, 9.17) is 5.26 Å². The maximum absolute atomic E-state index is 8.84. The zero-order chi connectivity index (χ0) is 11.2. The van der Waals surface area contributed by atoms with Crippen LogP contribution in [0, 0.1) is 11.3 Å². The number of nitriles is 1. The number of nitrogens with one attached hydrogen (secondary N) is 1. The van der Waals surface area contributed by atoms with E-state index >= 15 is 0 Å². The van der Waals surface area contributed by atoms with Gasteiger partial charge in [-0.15, -0.1) is 11.3 Å². The van der Waals surface area contributed by atoms with Crippen LogP contribution in [0.3, 0.4) is 0 Å². The molecule has 1 N–H and O–H groups in total. The van der Waals surface area contributed by atoms with Crippen molar-refractivity contribution in [3.05, 3.63) is 40.6 Å². The standard InChI is InChI=1S/C11H10N4S/c12-6-11-10(2-1-4-13-11)14-5-3-9-7-16-8-15-9/h1-2,4,7-8,14H,3,5H2. The van der Waals surface area contributed by atoms with E-state index in [-0.39, 0.29) is 0 Å². The highest BCUT2D eigenvalue weighted by Gasteiger charge is 2.01. The predicted octanol–water partition coefficient (Wildman–Crippen LogP) is 2.06. The van der Waals surface area contributed by atoms with Crippen LogP contribution >= 0.6 is 11.3 Å². The van der Waals surface area contributed by atoms with Crippen LogP contribution in [0.25, 0.3) is 0 Å². The largest absolute Gasteiger partial charge is 0.382 e. The third-order valence-electron chi connectivity index (χ3n) is 2.09. The van der Waals surface area contributed by atoms with Crippen LogP contribution in [0.4, 0.5) is 5.69 Å². The first-order chi connectivity index (χ1) is 7.90. The quantitative estimate of drug-likeness (QED) is 0.873. The molecule has 5 heteroatoms. The van der Waals surface area contributed by atoms with Gasteiger partial charge in [-0.2, -0.15) is 5.26 Å². The Hall–Kier alpha value is -1.93. The maximum atomic E-state index is 8.84. The second-order valence-electron chi connectivity index (χ2n) is 3.17. The molecule has 0 aliphatic heterocycles. The van der Waals surface area contributed by atoms with Crippen molar-refractivity contribution in [3.8, 4) is 6.07 Å². The Kier molecular flexibility index (Phi) is 3.46. The lowest BCUT2D eigenvalue weighted by Gasteiger charge is -2.05. The van der Waals surface area contributed by atoms with Crippen LogP contribution in [-0.2, 0) is 6.42 Å². The third kappa shape index (κ3) is 2.55. The minimum atomic E-state index is 0.431. The van der Waals surface area contributed by atoms with Gasteiger partial charge in [-0.25, -0.2) is 9.97 Å². The van der Waals surface area contributed by atoms with Crippen LogP contribution in [0.1, 0.15) is 11.4 Å². The Labute approximate surface area is 97.6 Å². The van der Waals surface area contributed by atoms with Crippen molar-refractivity contribution in [2.45, 2.75) is 6.42 Å². The fraction of sp³-hybridized carbons (Fsp3) is 0.182. The zero-order valence-electron chi connectivity index (χ0n) is 8.55. The molecule has 0 saturated heterocycles. The molecule has 2 aromatic rings. The molecule has 80 valence electrons. The molecule has 0 fully saturated rings. The Bertz CT molecular complexity index is 487. The SMILES string of the molecule is N#Cc1ncccc1NCCc1cscn1. The molecule has 0 atom stereocenters. The normalized spacial score (nSPS) is 9.69. The van der Waals surface area contributed by atoms with Crippen molar-refractivity contribution in [2.75, 3.05) is 11.9 Å². The number of hydrogen-bond donors (Lipinski definition) is 1. The number of anilines is 1. The smallest absolute Gasteiger partial charge is 0.163 e. The van der Waals surface area contributed by atoms with E-state index in [9.17, 15) is 0 Å². The molecule has 0 bridgehead atoms. The Morgan fingerprint density at radius 1 is 1.44 bits per heavy atom. The fourth-order valence-electron chi connectivity index (χ4n) is 1.32. The molecular weight excluding hydrogens is 220 g/mol. The number of pyridine rings is 1. The zero-order valence-corrected chi connectivity index (χ0v) is 9.37. The molecule has 0 aromatic carbocycles. The summed E-state index contributed by atoms with van der Waals surface area (Å²) in [7, 11) is 0. The van der Waals surface area contributed by atoms with E-state index in [2.05, 4.69) is 21.4 Å². The second kappa shape index (κ2) is 5.24. The van der Waals surface area contributed by atoms with E-state index in [1.54, 1.807) is 17.5 Å². The highest BCUT2D eigenvalue weighted by molar-refractivity contribution is 7.07. The lowest BCUT2D eigenvalue weighted by atomic mass is 10.3. The number of thiazole rings is 1. The molecule has 4 nitrogen and oxygen atoms in total. The molecule has 0 unspecified atom stereocenters. The van der Waals surface area contributed by atoms with Crippen molar-refractivity contribution in [1.29, 1.82) is 5.26 Å². The van der Waals surface area contributed by atoms with Crippen molar-refractivity contribution < 1.29 is 0 Å². The molecule has 2 aromatic heterocycles. The fourth-order valence-corrected chi connectivity index (χ4v) is 1.92. The number of aromatic nitrogens is 2. The number of nitrogens with zero attached hydrogens (tertiary/aromatic N) is 3. The van der Waals surface area contributed by atoms with Crippen LogP contribution in [0.2, 0.25) is 0 Å². The first-order valence-corrected chi connectivity index (χ1v) is 5.80. The minimum Gasteiger partial charge on any atom is -0.382 e. The topological polar surface area (TPSA) is 61.6 Å². The van der Waals surface area contributed by atoms with Gasteiger partial charge < -0.3 is 5.32 Å². The lowest BCUT2D eigenvalue weighted by Crippen LogP contribution is -2.06. The first-order valence-electron chi connectivity index (χ1n) is 4.86. The van der Waals surface area contributed by atoms with Crippen molar-refractivity contribution in [3.63, 3.8) is 0 Å². The van der Waals surface area contributed by atoms with Crippen molar-refractivity contribution >= 4 is 17.0 Å². The van der Waals surface area contributed by atoms with Gasteiger partial charge in [-0.05, 0) is 12.1 Å².